The number of benzene rings is 8. The largest absolute Gasteiger partial charge is 0.390 e. The number of aliphatic hydroxyl groups is 1. The average Bonchev–Trinajstić information content (AvgIpc) is 1.13. The first-order valence-electron chi connectivity index (χ1n) is 42.7. The Morgan fingerprint density at radius 2 is 0.735 bits per heavy atom. The van der Waals surface area contributed by atoms with Gasteiger partial charge in [-0.05, 0) is 182 Å². The number of para-hydroxylation sites is 4. The Bertz CT molecular complexity index is 8270. The predicted molar refractivity (Wildman–Crippen MR) is 517 cm³/mol. The number of fused-ring (bicyclic) bond motifs is 8. The molecule has 0 spiro atoms. The van der Waals surface area contributed by atoms with Gasteiger partial charge in [0.25, 0.3) is 22.2 Å². The van der Waals surface area contributed by atoms with Crippen molar-refractivity contribution >= 4 is 122 Å². The molecule has 0 radical (unpaired) electrons. The highest BCUT2D eigenvalue weighted by molar-refractivity contribution is 5.98. The third kappa shape index (κ3) is 16.1. The number of aryl methyl sites for hydroxylation is 6. The number of methoxy groups -OCH3 is 1. The molecule has 1 aliphatic rings. The van der Waals surface area contributed by atoms with Crippen molar-refractivity contribution in [2.75, 3.05) is 43.3 Å². The van der Waals surface area contributed by atoms with Crippen LogP contribution in [-0.2, 0) is 48.9 Å². The molecule has 0 fully saturated rings. The molecule has 0 aliphatic carbocycles. The Hall–Kier alpha value is -16.6. The Kier molecular flexibility index (Phi) is 23.6. The first-order valence-corrected chi connectivity index (χ1v) is 42.7. The lowest BCUT2D eigenvalue weighted by atomic mass is 10.1. The molecule has 31 heteroatoms. The average molecular weight is 1750 g/mol. The lowest BCUT2D eigenvalue weighted by Gasteiger charge is -2.17. The molecule has 21 rings (SSSR count). The van der Waals surface area contributed by atoms with Gasteiger partial charge in [-0.25, -0.2) is 58.6 Å². The van der Waals surface area contributed by atoms with Crippen LogP contribution in [0.15, 0.2) is 263 Å². The summed E-state index contributed by atoms with van der Waals surface area (Å²) < 4.78 is 24.8. The van der Waals surface area contributed by atoms with Crippen LogP contribution in [-0.4, -0.2) is 123 Å². The van der Waals surface area contributed by atoms with Crippen molar-refractivity contribution in [1.82, 2.24) is 97.3 Å². The molecule has 0 saturated carbocycles. The molecule has 9 N–H and O–H groups in total. The second kappa shape index (κ2) is 36.2. The summed E-state index contributed by atoms with van der Waals surface area (Å²) in [6, 6.07) is 66.6. The van der Waals surface area contributed by atoms with Crippen molar-refractivity contribution < 1.29 is 14.6 Å². The van der Waals surface area contributed by atoms with E-state index in [1.165, 1.54) is 25.3 Å². The van der Waals surface area contributed by atoms with Crippen LogP contribution in [0.3, 0.4) is 0 Å². The Labute approximate surface area is 754 Å². The molecular formula is C101H92N24O7. The molecule has 0 saturated heterocycles. The van der Waals surface area contributed by atoms with Crippen molar-refractivity contribution in [1.29, 1.82) is 0 Å². The number of aromatic nitrogens is 20. The van der Waals surface area contributed by atoms with Crippen molar-refractivity contribution in [3.8, 4) is 22.7 Å². The van der Waals surface area contributed by atoms with Gasteiger partial charge >= 0.3 is 0 Å². The van der Waals surface area contributed by atoms with Gasteiger partial charge in [0.1, 0.15) is 71.4 Å². The summed E-state index contributed by atoms with van der Waals surface area (Å²) in [5, 5.41) is 37.6. The van der Waals surface area contributed by atoms with Gasteiger partial charge in [0.05, 0.1) is 107 Å². The number of rotatable bonds is 17. The maximum absolute atomic E-state index is 13.8. The monoisotopic (exact) mass is 1750 g/mol. The fourth-order valence-corrected chi connectivity index (χ4v) is 17.6. The summed E-state index contributed by atoms with van der Waals surface area (Å²) in [6.45, 7) is 20.1. The summed E-state index contributed by atoms with van der Waals surface area (Å²) >= 11 is 0. The third-order valence-electron chi connectivity index (χ3n) is 23.8. The van der Waals surface area contributed by atoms with Crippen LogP contribution in [0.2, 0.25) is 0 Å². The molecule has 31 nitrogen and oxygen atoms in total. The van der Waals surface area contributed by atoms with Gasteiger partial charge in [-0.15, -0.1) is 0 Å². The summed E-state index contributed by atoms with van der Waals surface area (Å²) in [7, 11) is 1.60. The van der Waals surface area contributed by atoms with Crippen LogP contribution in [0.25, 0.3) is 121 Å². The number of nitrogen functional groups attached to an aromatic ring is 4. The summed E-state index contributed by atoms with van der Waals surface area (Å²) in [5.74, 6) is 1.35. The third-order valence-corrected chi connectivity index (χ3v) is 23.8. The van der Waals surface area contributed by atoms with Gasteiger partial charge in [-0.1, -0.05) is 158 Å². The molecule has 13 heterocycles. The topological polar surface area (TPSA) is 405 Å². The SMILES string of the molecule is C=C(C)c1nn(Cc2cc3cccc(C)c3c(=O)n2-c2ccccc2)c2ncnc(N)c12.COCc1nn(Cc2cc3cccc(C)c3c(=O)n2-c2ccccc2C)c2ncnc(N)c12.Cc1cccc2cc(Cn3nc(C4=CCOCC4)c4c(N)ncnc43)n(-c3ccccc3)c(=O)c12.Cc1ccccc1-n1c(Cn2nc(CO)c3c(N)ncnc32)cc2cccc(C)c2c1=O. The van der Waals surface area contributed by atoms with E-state index in [9.17, 15) is 24.3 Å². The highest BCUT2D eigenvalue weighted by Gasteiger charge is 2.27. The van der Waals surface area contributed by atoms with Crippen LogP contribution in [0.1, 0.15) is 92.3 Å². The number of nitrogens with two attached hydrogens (primary N) is 4. The van der Waals surface area contributed by atoms with Gasteiger partial charge in [-0.2, -0.15) is 20.4 Å². The zero-order valence-electron chi connectivity index (χ0n) is 73.7. The normalized spacial score (nSPS) is 12.1. The van der Waals surface area contributed by atoms with Gasteiger partial charge < -0.3 is 37.5 Å². The zero-order chi connectivity index (χ0) is 91.9. The highest BCUT2D eigenvalue weighted by Crippen LogP contribution is 2.35. The minimum atomic E-state index is -0.289. The first kappa shape index (κ1) is 86.1. The minimum Gasteiger partial charge on any atom is -0.390 e. The number of ether oxygens (including phenoxy) is 2. The van der Waals surface area contributed by atoms with Gasteiger partial charge in [0.15, 0.2) is 22.6 Å². The molecule has 20 aromatic rings. The number of anilines is 4. The Morgan fingerprint density at radius 1 is 0.394 bits per heavy atom. The maximum Gasteiger partial charge on any atom is 0.263 e. The lowest BCUT2D eigenvalue weighted by Crippen LogP contribution is -2.25. The molecule has 0 amide bonds. The number of nitrogens with zero attached hydrogens (tertiary/aromatic N) is 20. The molecule has 0 unspecified atom stereocenters. The molecule has 1 aliphatic heterocycles. The van der Waals surface area contributed by atoms with Crippen molar-refractivity contribution in [2.45, 2.75) is 94.3 Å². The zero-order valence-corrected chi connectivity index (χ0v) is 73.7. The quantitative estimate of drug-likeness (QED) is 0.0565. The van der Waals surface area contributed by atoms with Crippen LogP contribution in [0, 0.1) is 41.5 Å². The standard InChI is InChI=1S/C27H24N6O2.C25H24N6O2.C25H22N6O.C24H22N6O2/c1-17-6-5-7-19-14-21(33(27(34)22(17)19)20-8-3-2-4-9-20)15-32-26-23(25(28)29-16-30-26)24(31-32)18-10-12-35-13-11-18;1-15-7-4-5-10-20(15)31-18(11-17-9-6-8-16(2)21(17)25(31)32)12-30-24-22(19(29-30)13-33-3)23(26)27-14-28-24;1-15(2)22-21-23(26)27-14-28-24(21)30(29-22)13-19-12-17-9-7-8-16(3)20(17)25(32)31(19)18-10-5-4-6-11-18;1-14-6-3-4-9-19(14)30-17(10-16-8-5-7-15(2)20(16)24(30)32)11-29-23-21(18(12-31)28-29)22(25)26-13-27-23/h2-10,14,16H,11-13,15H2,1H3,(H2,28,29,30);4-11,14H,12-13H2,1-3H3,(H2,26,27,28);4-12,14H,1,13H2,2-3H3,(H2,26,27,28);3-10,13,31H,11-12H2,1-2H3,(H2,25,26,27). The fraction of sp³-hybridized carbons (Fsp3) is 0.168. The highest BCUT2D eigenvalue weighted by atomic mass is 16.5. The van der Waals surface area contributed by atoms with Crippen molar-refractivity contribution in [2.24, 2.45) is 0 Å². The Morgan fingerprint density at radius 3 is 1.13 bits per heavy atom. The minimum absolute atomic E-state index is 0.0558. The second-order valence-corrected chi connectivity index (χ2v) is 32.5. The maximum atomic E-state index is 13.8. The van der Waals surface area contributed by atoms with E-state index in [2.05, 4.69) is 57.6 Å². The van der Waals surface area contributed by atoms with Crippen molar-refractivity contribution in [3.63, 3.8) is 0 Å². The number of hydrogen-bond donors (Lipinski definition) is 5. The van der Waals surface area contributed by atoms with E-state index < -0.39 is 0 Å². The lowest BCUT2D eigenvalue weighted by molar-refractivity contribution is 0.161. The second-order valence-electron chi connectivity index (χ2n) is 32.5. The molecule has 0 bridgehead atoms. The van der Waals surface area contributed by atoms with Gasteiger partial charge in [-0.3, -0.25) is 37.4 Å². The summed E-state index contributed by atoms with van der Waals surface area (Å²) in [6.07, 6.45) is 8.43. The summed E-state index contributed by atoms with van der Waals surface area (Å²) in [5.41, 5.74) is 43.1. The van der Waals surface area contributed by atoms with E-state index in [0.717, 1.165) is 129 Å². The number of aliphatic hydroxyl groups excluding tert-OH is 1. The van der Waals surface area contributed by atoms with Gasteiger partial charge in [0, 0.05) is 41.3 Å². The predicted octanol–water partition coefficient (Wildman–Crippen LogP) is 14.4. The van der Waals surface area contributed by atoms with E-state index in [-0.39, 0.29) is 47.8 Å². The van der Waals surface area contributed by atoms with Crippen LogP contribution in [0.4, 0.5) is 23.3 Å². The van der Waals surface area contributed by atoms with E-state index in [0.29, 0.717) is 128 Å². The Balaban J connectivity index is 0.000000118. The molecule has 0 atom stereocenters. The fourth-order valence-electron chi connectivity index (χ4n) is 17.6. The molecule has 658 valence electrons. The number of pyridine rings is 4. The van der Waals surface area contributed by atoms with Crippen LogP contribution in [0.5, 0.6) is 0 Å². The van der Waals surface area contributed by atoms with E-state index in [4.69, 9.17) is 47.7 Å². The van der Waals surface area contributed by atoms with Crippen LogP contribution < -0.4 is 45.2 Å². The molecule has 8 aromatic carbocycles. The van der Waals surface area contributed by atoms with Gasteiger partial charge in [0.2, 0.25) is 0 Å². The summed E-state index contributed by atoms with van der Waals surface area (Å²) in [4.78, 5) is 89.2. The first-order chi connectivity index (χ1) is 64.0. The van der Waals surface area contributed by atoms with E-state index >= 15 is 0 Å². The molecular weight excluding hydrogens is 1660 g/mol. The number of hydrogen-bond acceptors (Lipinski definition) is 23. The van der Waals surface area contributed by atoms with Crippen molar-refractivity contribution in [3.05, 3.63) is 365 Å². The number of allylic oxidation sites excluding steroid dienone is 1. The van der Waals surface area contributed by atoms with Crippen LogP contribution >= 0.6 is 0 Å². The van der Waals surface area contributed by atoms with E-state index in [1.807, 2.05) is 259 Å². The van der Waals surface area contributed by atoms with E-state index in [1.54, 1.807) is 39.4 Å². The molecule has 132 heavy (non-hydrogen) atoms. The smallest absolute Gasteiger partial charge is 0.263 e. The molecule has 12 aromatic heterocycles.